The minimum Gasteiger partial charge on any atom is -0.354 e. The van der Waals surface area contributed by atoms with Crippen LogP contribution in [0, 0.1) is 18.8 Å². The van der Waals surface area contributed by atoms with Crippen molar-refractivity contribution < 1.29 is 4.79 Å². The van der Waals surface area contributed by atoms with Gasteiger partial charge in [-0.3, -0.25) is 4.79 Å². The summed E-state index contributed by atoms with van der Waals surface area (Å²) in [5, 5.41) is 2.77. The number of aromatic nitrogens is 2. The highest BCUT2D eigenvalue weighted by molar-refractivity contribution is 5.87. The molecule has 1 atom stereocenters. The van der Waals surface area contributed by atoms with Crippen molar-refractivity contribution in [1.82, 2.24) is 15.3 Å². The van der Waals surface area contributed by atoms with Gasteiger partial charge in [0.2, 0.25) is 11.7 Å². The Hall–Kier alpha value is -1.93. The molecule has 0 aromatic carbocycles. The van der Waals surface area contributed by atoms with Crippen LogP contribution in [0.3, 0.4) is 0 Å². The van der Waals surface area contributed by atoms with Crippen LogP contribution in [0.1, 0.15) is 30.8 Å². The molecule has 1 aliphatic heterocycles. The molecule has 1 aromatic heterocycles. The molecule has 2 rings (SSSR count). The number of aryl methyl sites for hydroxylation is 1. The van der Waals surface area contributed by atoms with E-state index >= 15 is 0 Å². The van der Waals surface area contributed by atoms with Crippen molar-refractivity contribution in [2.45, 2.75) is 31.7 Å². The maximum atomic E-state index is 11.7. The molecule has 1 unspecified atom stereocenters. The molecule has 94 valence electrons. The van der Waals surface area contributed by atoms with Gasteiger partial charge in [0, 0.05) is 24.9 Å². The summed E-state index contributed by atoms with van der Waals surface area (Å²) >= 11 is 0. The monoisotopic (exact) mass is 244 g/mol. The summed E-state index contributed by atoms with van der Waals surface area (Å²) in [7, 11) is 0. The molecule has 1 saturated heterocycles. The fraction of sp³-hybridized carbons (Fsp3) is 0.462. The first-order valence-corrected chi connectivity index (χ1v) is 5.96. The molecule has 0 saturated carbocycles. The third kappa shape index (κ3) is 2.84. The van der Waals surface area contributed by atoms with Gasteiger partial charge in [-0.1, -0.05) is 5.92 Å². The summed E-state index contributed by atoms with van der Waals surface area (Å²) in [6.07, 6.45) is 3.56. The summed E-state index contributed by atoms with van der Waals surface area (Å²) in [6.45, 7) is 2.58. The smallest absolute Gasteiger partial charge is 0.241 e. The van der Waals surface area contributed by atoms with E-state index < -0.39 is 5.54 Å². The third-order valence-corrected chi connectivity index (χ3v) is 2.94. The fourth-order valence-corrected chi connectivity index (χ4v) is 1.85. The molecular weight excluding hydrogens is 228 g/mol. The van der Waals surface area contributed by atoms with E-state index in [1.807, 2.05) is 13.0 Å². The Morgan fingerprint density at radius 3 is 3.17 bits per heavy atom. The van der Waals surface area contributed by atoms with Crippen LogP contribution in [-0.2, 0) is 4.79 Å². The van der Waals surface area contributed by atoms with Crippen molar-refractivity contribution in [1.29, 1.82) is 0 Å². The Labute approximate surface area is 106 Å². The second-order valence-corrected chi connectivity index (χ2v) is 4.52. The lowest BCUT2D eigenvalue weighted by Crippen LogP contribution is -2.57. The van der Waals surface area contributed by atoms with Crippen molar-refractivity contribution in [3.8, 4) is 11.8 Å². The number of nitrogens with one attached hydrogen (secondary N) is 1. The molecule has 0 spiro atoms. The van der Waals surface area contributed by atoms with Crippen LogP contribution in [0.25, 0.3) is 0 Å². The lowest BCUT2D eigenvalue weighted by Gasteiger charge is -2.30. The summed E-state index contributed by atoms with van der Waals surface area (Å²) in [5.41, 5.74) is 6.04. The largest absolute Gasteiger partial charge is 0.354 e. The second-order valence-electron chi connectivity index (χ2n) is 4.52. The minimum atomic E-state index is -0.866. The first-order valence-electron chi connectivity index (χ1n) is 5.96. The van der Waals surface area contributed by atoms with Crippen LogP contribution in [0.5, 0.6) is 0 Å². The maximum Gasteiger partial charge on any atom is 0.241 e. The highest BCUT2D eigenvalue weighted by Crippen LogP contribution is 2.17. The second kappa shape index (κ2) is 5.15. The zero-order chi connectivity index (χ0) is 13.0. The Balaban J connectivity index is 2.05. The fourth-order valence-electron chi connectivity index (χ4n) is 1.85. The molecule has 1 amide bonds. The molecule has 0 aliphatic carbocycles. The molecule has 1 fully saturated rings. The van der Waals surface area contributed by atoms with Crippen molar-refractivity contribution in [2.75, 3.05) is 6.54 Å². The number of nitrogens with zero attached hydrogens (tertiary/aromatic N) is 2. The first kappa shape index (κ1) is 12.5. The van der Waals surface area contributed by atoms with E-state index in [0.29, 0.717) is 25.2 Å². The van der Waals surface area contributed by atoms with Crippen LogP contribution in [0.2, 0.25) is 0 Å². The Kier molecular flexibility index (Phi) is 3.58. The molecular formula is C13H16N4O. The molecule has 0 radical (unpaired) electrons. The van der Waals surface area contributed by atoms with Gasteiger partial charge in [0.05, 0.1) is 0 Å². The average molecular weight is 244 g/mol. The molecule has 1 aliphatic rings. The summed E-state index contributed by atoms with van der Waals surface area (Å²) in [4.78, 5) is 19.9. The van der Waals surface area contributed by atoms with E-state index in [1.54, 1.807) is 6.20 Å². The predicted octanol–water partition coefficient (Wildman–Crippen LogP) is 0.134. The highest BCUT2D eigenvalue weighted by Gasteiger charge is 2.35. The van der Waals surface area contributed by atoms with E-state index in [9.17, 15) is 4.79 Å². The topological polar surface area (TPSA) is 80.9 Å². The highest BCUT2D eigenvalue weighted by atomic mass is 16.2. The van der Waals surface area contributed by atoms with Gasteiger partial charge in [0.1, 0.15) is 5.54 Å². The first-order chi connectivity index (χ1) is 8.60. The van der Waals surface area contributed by atoms with Crippen LogP contribution in [0.15, 0.2) is 12.3 Å². The van der Waals surface area contributed by atoms with E-state index in [-0.39, 0.29) is 5.91 Å². The number of piperidine rings is 1. The van der Waals surface area contributed by atoms with E-state index in [0.717, 1.165) is 12.1 Å². The lowest BCUT2D eigenvalue weighted by molar-refractivity contribution is -0.127. The Bertz CT molecular complexity index is 517. The number of hydrogen-bond donors (Lipinski definition) is 2. The molecule has 18 heavy (non-hydrogen) atoms. The van der Waals surface area contributed by atoms with E-state index in [1.165, 1.54) is 0 Å². The third-order valence-electron chi connectivity index (χ3n) is 2.94. The van der Waals surface area contributed by atoms with E-state index in [2.05, 4.69) is 27.1 Å². The number of hydrogen-bond acceptors (Lipinski definition) is 4. The SMILES string of the molecule is Cc1ccnc(C#CCC2(N)CCCNC2=O)n1. The van der Waals surface area contributed by atoms with Gasteiger partial charge in [-0.2, -0.15) is 0 Å². The molecule has 5 nitrogen and oxygen atoms in total. The number of amides is 1. The van der Waals surface area contributed by atoms with E-state index in [4.69, 9.17) is 5.73 Å². The zero-order valence-corrected chi connectivity index (χ0v) is 10.4. The number of carbonyl (C=O) groups excluding carboxylic acids is 1. The Morgan fingerprint density at radius 1 is 1.61 bits per heavy atom. The van der Waals surface area contributed by atoms with Crippen molar-refractivity contribution >= 4 is 5.91 Å². The number of rotatable bonds is 1. The minimum absolute atomic E-state index is 0.117. The van der Waals surface area contributed by atoms with Gasteiger partial charge in [0.15, 0.2) is 0 Å². The summed E-state index contributed by atoms with van der Waals surface area (Å²) in [5.74, 6) is 6.11. The summed E-state index contributed by atoms with van der Waals surface area (Å²) < 4.78 is 0. The van der Waals surface area contributed by atoms with Crippen molar-refractivity contribution in [3.63, 3.8) is 0 Å². The maximum absolute atomic E-state index is 11.7. The Morgan fingerprint density at radius 2 is 2.44 bits per heavy atom. The van der Waals surface area contributed by atoms with Crippen LogP contribution >= 0.6 is 0 Å². The number of nitrogens with two attached hydrogens (primary N) is 1. The van der Waals surface area contributed by atoms with Crippen molar-refractivity contribution in [2.24, 2.45) is 5.73 Å². The van der Waals surface area contributed by atoms with Gasteiger partial charge >= 0.3 is 0 Å². The average Bonchev–Trinajstić information content (AvgIpc) is 2.33. The standard InChI is InChI=1S/C13H16N4O/c1-10-5-9-15-11(17-10)4-2-6-13(14)7-3-8-16-12(13)18/h5,9H,3,6-8,14H2,1H3,(H,16,18). The van der Waals surface area contributed by atoms with Gasteiger partial charge in [0.25, 0.3) is 0 Å². The van der Waals surface area contributed by atoms with Gasteiger partial charge in [-0.15, -0.1) is 0 Å². The van der Waals surface area contributed by atoms with Crippen LogP contribution < -0.4 is 11.1 Å². The molecule has 0 bridgehead atoms. The molecule has 1 aromatic rings. The van der Waals surface area contributed by atoms with Crippen LogP contribution in [0.4, 0.5) is 0 Å². The normalized spacial score (nSPS) is 22.9. The van der Waals surface area contributed by atoms with Gasteiger partial charge < -0.3 is 11.1 Å². The molecule has 3 N–H and O–H groups in total. The lowest BCUT2D eigenvalue weighted by atomic mass is 9.87. The summed E-state index contributed by atoms with van der Waals surface area (Å²) in [6, 6.07) is 1.81. The zero-order valence-electron chi connectivity index (χ0n) is 10.4. The predicted molar refractivity (Wildman–Crippen MR) is 67.4 cm³/mol. The van der Waals surface area contributed by atoms with Crippen molar-refractivity contribution in [3.05, 3.63) is 23.8 Å². The van der Waals surface area contributed by atoms with Gasteiger partial charge in [-0.25, -0.2) is 9.97 Å². The quantitative estimate of drug-likeness (QED) is 0.688. The van der Waals surface area contributed by atoms with Crippen LogP contribution in [-0.4, -0.2) is 28.0 Å². The van der Waals surface area contributed by atoms with Gasteiger partial charge in [-0.05, 0) is 31.8 Å². The number of carbonyl (C=O) groups is 1. The molecule has 5 heteroatoms. The molecule has 2 heterocycles.